The summed E-state index contributed by atoms with van der Waals surface area (Å²) >= 11 is 1.12. The van der Waals surface area contributed by atoms with E-state index in [0.29, 0.717) is 35.3 Å². The average molecular weight is 481 g/mol. The van der Waals surface area contributed by atoms with Gasteiger partial charge in [-0.1, -0.05) is 6.07 Å². The highest BCUT2D eigenvalue weighted by Gasteiger charge is 2.26. The quantitative estimate of drug-likeness (QED) is 0.546. The molecule has 0 unspecified atom stereocenters. The number of ether oxygens (including phenoxy) is 1. The number of amides is 2. The number of carbonyl (C=O) groups excluding carboxylic acids is 2. The highest BCUT2D eigenvalue weighted by atomic mass is 32.1. The van der Waals surface area contributed by atoms with Crippen LogP contribution in [0, 0.1) is 0 Å². The Morgan fingerprint density at radius 1 is 1.09 bits per heavy atom. The Bertz CT molecular complexity index is 1120. The Balaban J connectivity index is 1.27. The minimum absolute atomic E-state index is 0.249. The van der Waals surface area contributed by atoms with Gasteiger partial charge in [0, 0.05) is 48.1 Å². The summed E-state index contributed by atoms with van der Waals surface area (Å²) in [5.41, 5.74) is 1.63. The Morgan fingerprint density at radius 3 is 2.47 bits per heavy atom. The van der Waals surface area contributed by atoms with E-state index in [4.69, 9.17) is 4.74 Å². The standard InChI is InChI=1S/C24H28N6O3S/c1-24(2,3)33-23(32)30-14-11-18(12-15-30)26-17-9-7-16(8-10-17)21(31)28-22-27-20(29-34-22)19-6-4-5-13-25-19/h4-10,13,18,26H,11-12,14-15H2,1-3H3,(H,27,28,29,31). The fourth-order valence-electron chi connectivity index (χ4n) is 3.53. The number of piperidine rings is 1. The maximum absolute atomic E-state index is 12.6. The number of hydrogen-bond donors (Lipinski definition) is 2. The molecule has 0 spiro atoms. The van der Waals surface area contributed by atoms with Gasteiger partial charge in [-0.05, 0) is 70.0 Å². The van der Waals surface area contributed by atoms with E-state index in [9.17, 15) is 9.59 Å². The molecule has 1 fully saturated rings. The first-order valence-electron chi connectivity index (χ1n) is 11.2. The molecule has 1 aliphatic rings. The largest absolute Gasteiger partial charge is 0.444 e. The second-order valence-electron chi connectivity index (χ2n) is 9.06. The van der Waals surface area contributed by atoms with Gasteiger partial charge >= 0.3 is 6.09 Å². The molecule has 2 aromatic heterocycles. The van der Waals surface area contributed by atoms with E-state index in [0.717, 1.165) is 30.1 Å². The van der Waals surface area contributed by atoms with Crippen LogP contribution in [-0.4, -0.2) is 56.0 Å². The van der Waals surface area contributed by atoms with Crippen LogP contribution in [0.25, 0.3) is 11.5 Å². The van der Waals surface area contributed by atoms with E-state index in [1.54, 1.807) is 23.2 Å². The third-order valence-corrected chi connectivity index (χ3v) is 5.84. The highest BCUT2D eigenvalue weighted by molar-refractivity contribution is 7.10. The Labute approximate surface area is 202 Å². The van der Waals surface area contributed by atoms with Crippen molar-refractivity contribution in [2.75, 3.05) is 23.7 Å². The van der Waals surface area contributed by atoms with Crippen LogP contribution in [0.2, 0.25) is 0 Å². The number of aromatic nitrogens is 3. The van der Waals surface area contributed by atoms with Crippen molar-refractivity contribution in [2.45, 2.75) is 45.3 Å². The lowest BCUT2D eigenvalue weighted by Crippen LogP contribution is -2.44. The van der Waals surface area contributed by atoms with E-state index in [-0.39, 0.29) is 18.0 Å². The van der Waals surface area contributed by atoms with Gasteiger partial charge in [0.05, 0.1) is 0 Å². The number of pyridine rings is 1. The summed E-state index contributed by atoms with van der Waals surface area (Å²) in [6.45, 7) is 6.91. The third kappa shape index (κ3) is 6.28. The number of benzene rings is 1. The van der Waals surface area contributed by atoms with E-state index >= 15 is 0 Å². The summed E-state index contributed by atoms with van der Waals surface area (Å²) in [5.74, 6) is 0.235. The summed E-state index contributed by atoms with van der Waals surface area (Å²) in [6.07, 6.45) is 3.08. The molecule has 3 heterocycles. The first kappa shape index (κ1) is 23.6. The Hall–Kier alpha value is -3.53. The van der Waals surface area contributed by atoms with Crippen molar-refractivity contribution in [3.05, 3.63) is 54.2 Å². The minimum atomic E-state index is -0.488. The molecule has 10 heteroatoms. The summed E-state index contributed by atoms with van der Waals surface area (Å²) in [6, 6.07) is 13.1. The number of anilines is 2. The zero-order valence-corrected chi connectivity index (χ0v) is 20.3. The molecular formula is C24H28N6O3S. The molecule has 1 aliphatic heterocycles. The molecule has 3 aromatic rings. The van der Waals surface area contributed by atoms with Gasteiger partial charge < -0.3 is 15.0 Å². The number of nitrogens with zero attached hydrogens (tertiary/aromatic N) is 4. The summed E-state index contributed by atoms with van der Waals surface area (Å²) in [4.78, 5) is 35.1. The van der Waals surface area contributed by atoms with Crippen LogP contribution in [0.15, 0.2) is 48.7 Å². The second kappa shape index (κ2) is 10.2. The van der Waals surface area contributed by atoms with Crippen molar-refractivity contribution in [1.82, 2.24) is 19.2 Å². The number of hydrogen-bond acceptors (Lipinski definition) is 8. The molecule has 0 atom stereocenters. The number of nitrogens with one attached hydrogen (secondary N) is 2. The van der Waals surface area contributed by atoms with Gasteiger partial charge in [0.2, 0.25) is 5.13 Å². The minimum Gasteiger partial charge on any atom is -0.444 e. The Kier molecular flexibility index (Phi) is 7.06. The maximum Gasteiger partial charge on any atom is 0.410 e. The topological polar surface area (TPSA) is 109 Å². The molecule has 34 heavy (non-hydrogen) atoms. The van der Waals surface area contributed by atoms with E-state index < -0.39 is 5.60 Å². The fraction of sp³-hybridized carbons (Fsp3) is 0.375. The summed E-state index contributed by atoms with van der Waals surface area (Å²) < 4.78 is 9.71. The molecule has 2 N–H and O–H groups in total. The van der Waals surface area contributed by atoms with Gasteiger partial charge in [0.25, 0.3) is 5.91 Å². The second-order valence-corrected chi connectivity index (χ2v) is 9.81. The lowest BCUT2D eigenvalue weighted by molar-refractivity contribution is 0.0210. The summed E-state index contributed by atoms with van der Waals surface area (Å²) in [5, 5.41) is 6.70. The monoisotopic (exact) mass is 480 g/mol. The van der Waals surface area contributed by atoms with Crippen LogP contribution < -0.4 is 10.6 Å². The third-order valence-electron chi connectivity index (χ3n) is 5.21. The Morgan fingerprint density at radius 2 is 1.82 bits per heavy atom. The van der Waals surface area contributed by atoms with E-state index in [2.05, 4.69) is 25.0 Å². The van der Waals surface area contributed by atoms with Crippen LogP contribution in [0.5, 0.6) is 0 Å². The molecule has 0 aliphatic carbocycles. The molecule has 0 saturated carbocycles. The van der Waals surface area contributed by atoms with Crippen LogP contribution in [0.3, 0.4) is 0 Å². The normalized spacial score (nSPS) is 14.5. The van der Waals surface area contributed by atoms with Gasteiger partial charge in [-0.2, -0.15) is 9.36 Å². The van der Waals surface area contributed by atoms with Crippen LogP contribution in [0.4, 0.5) is 15.6 Å². The molecule has 2 amide bonds. The van der Waals surface area contributed by atoms with Crippen molar-refractivity contribution < 1.29 is 14.3 Å². The van der Waals surface area contributed by atoms with Crippen molar-refractivity contribution >= 4 is 34.4 Å². The van der Waals surface area contributed by atoms with Gasteiger partial charge in [0.15, 0.2) is 5.82 Å². The molecule has 1 saturated heterocycles. The zero-order chi connectivity index (χ0) is 24.1. The first-order valence-corrected chi connectivity index (χ1v) is 12.0. The lowest BCUT2D eigenvalue weighted by Gasteiger charge is -2.34. The summed E-state index contributed by atoms with van der Waals surface area (Å²) in [7, 11) is 0. The van der Waals surface area contributed by atoms with Crippen molar-refractivity contribution in [3.8, 4) is 11.5 Å². The fourth-order valence-corrected chi connectivity index (χ4v) is 4.10. The van der Waals surface area contributed by atoms with E-state index in [1.165, 1.54) is 0 Å². The van der Waals surface area contributed by atoms with Crippen LogP contribution >= 0.6 is 11.5 Å². The molecular weight excluding hydrogens is 452 g/mol. The first-order chi connectivity index (χ1) is 16.3. The predicted molar refractivity (Wildman–Crippen MR) is 132 cm³/mol. The molecule has 4 rings (SSSR count). The number of rotatable bonds is 5. The van der Waals surface area contributed by atoms with Gasteiger partial charge in [-0.3, -0.25) is 15.1 Å². The van der Waals surface area contributed by atoms with Crippen molar-refractivity contribution in [2.24, 2.45) is 0 Å². The van der Waals surface area contributed by atoms with Crippen LogP contribution in [0.1, 0.15) is 44.0 Å². The average Bonchev–Trinajstić information content (AvgIpc) is 3.28. The zero-order valence-electron chi connectivity index (χ0n) is 19.4. The predicted octanol–water partition coefficient (Wildman–Crippen LogP) is 4.66. The van der Waals surface area contributed by atoms with Gasteiger partial charge in [0.1, 0.15) is 11.3 Å². The lowest BCUT2D eigenvalue weighted by atomic mass is 10.0. The molecule has 178 valence electrons. The smallest absolute Gasteiger partial charge is 0.410 e. The van der Waals surface area contributed by atoms with Crippen molar-refractivity contribution in [1.29, 1.82) is 0 Å². The van der Waals surface area contributed by atoms with E-state index in [1.807, 2.05) is 51.1 Å². The molecule has 0 radical (unpaired) electrons. The maximum atomic E-state index is 12.6. The molecule has 1 aromatic carbocycles. The van der Waals surface area contributed by atoms with Gasteiger partial charge in [-0.25, -0.2) is 4.79 Å². The number of carbonyl (C=O) groups is 2. The van der Waals surface area contributed by atoms with Crippen molar-refractivity contribution in [3.63, 3.8) is 0 Å². The highest BCUT2D eigenvalue weighted by Crippen LogP contribution is 2.22. The SMILES string of the molecule is CC(C)(C)OC(=O)N1CCC(Nc2ccc(C(=O)Nc3nc(-c4ccccn4)ns3)cc2)CC1. The van der Waals surface area contributed by atoms with Gasteiger partial charge in [-0.15, -0.1) is 0 Å². The van der Waals surface area contributed by atoms with Crippen LogP contribution in [-0.2, 0) is 4.74 Å². The molecule has 0 bridgehead atoms. The number of likely N-dealkylation sites (tertiary alicyclic amines) is 1. The molecule has 9 nitrogen and oxygen atoms in total.